The number of ether oxygens (including phenoxy) is 4. The van der Waals surface area contributed by atoms with Gasteiger partial charge in [-0.1, -0.05) is 90.9 Å². The van der Waals surface area contributed by atoms with Gasteiger partial charge in [0.25, 0.3) is 0 Å². The SMILES string of the molecule is CCCCCCCCCOCCOCCO.CCCCCCCCCOCCOCCO.O=P([O-])([O-])[O-].[Na+].[Na+].[Na+]. The van der Waals surface area contributed by atoms with Crippen molar-refractivity contribution in [2.75, 3.05) is 66.1 Å². The average molecular weight is 629 g/mol. The Balaban J connectivity index is -0.000000116. The van der Waals surface area contributed by atoms with E-state index in [4.69, 9.17) is 48.4 Å². The zero-order valence-corrected chi connectivity index (χ0v) is 33.5. The minimum Gasteiger partial charge on any atom is -0.822 e. The van der Waals surface area contributed by atoms with Crippen LogP contribution in [0.1, 0.15) is 104 Å². The molecule has 0 aliphatic carbocycles. The van der Waals surface area contributed by atoms with Gasteiger partial charge in [0.1, 0.15) is 0 Å². The predicted octanol–water partition coefficient (Wildman–Crippen LogP) is -6.29. The van der Waals surface area contributed by atoms with E-state index in [2.05, 4.69) is 13.8 Å². The van der Waals surface area contributed by atoms with Gasteiger partial charge in [-0.15, -0.1) is 0 Å². The fraction of sp³-hybridized carbons (Fsp3) is 1.00. The maximum Gasteiger partial charge on any atom is 1.00 e. The van der Waals surface area contributed by atoms with Crippen LogP contribution in [0.3, 0.4) is 0 Å². The molecule has 0 atom stereocenters. The van der Waals surface area contributed by atoms with Crippen LogP contribution in [-0.2, 0) is 23.5 Å². The van der Waals surface area contributed by atoms with Crippen molar-refractivity contribution >= 4 is 7.82 Å². The molecule has 2 N–H and O–H groups in total. The second kappa shape index (κ2) is 51.4. The normalized spacial score (nSPS) is 10.2. The van der Waals surface area contributed by atoms with Crippen LogP contribution in [0.2, 0.25) is 0 Å². The molecule has 0 bridgehead atoms. The Morgan fingerprint density at radius 3 is 0.925 bits per heavy atom. The minimum atomic E-state index is -5.39. The third-order valence-corrected chi connectivity index (χ3v) is 5.00. The molecule has 10 nitrogen and oxygen atoms in total. The van der Waals surface area contributed by atoms with Crippen molar-refractivity contribution in [1.82, 2.24) is 0 Å². The third-order valence-electron chi connectivity index (χ3n) is 5.00. The van der Waals surface area contributed by atoms with Crippen molar-refractivity contribution in [3.63, 3.8) is 0 Å². The van der Waals surface area contributed by atoms with Gasteiger partial charge in [-0.3, -0.25) is 0 Å². The van der Waals surface area contributed by atoms with Crippen LogP contribution >= 0.6 is 7.82 Å². The number of unbranched alkanes of at least 4 members (excludes halogenated alkanes) is 12. The number of phosphoric acid groups is 1. The molecule has 0 aliphatic rings. The van der Waals surface area contributed by atoms with E-state index in [1.54, 1.807) is 0 Å². The van der Waals surface area contributed by atoms with E-state index >= 15 is 0 Å². The van der Waals surface area contributed by atoms with Crippen LogP contribution in [0, 0.1) is 0 Å². The fourth-order valence-electron chi connectivity index (χ4n) is 3.10. The largest absolute Gasteiger partial charge is 1.00 e. The second-order valence-electron chi connectivity index (χ2n) is 8.59. The van der Waals surface area contributed by atoms with E-state index in [1.807, 2.05) is 0 Å². The summed E-state index contributed by atoms with van der Waals surface area (Å²) in [5.41, 5.74) is 0. The number of aliphatic hydroxyl groups excluding tert-OH is 2. The van der Waals surface area contributed by atoms with E-state index in [0.717, 1.165) is 26.1 Å². The monoisotopic (exact) mass is 628 g/mol. The van der Waals surface area contributed by atoms with Crippen molar-refractivity contribution in [2.24, 2.45) is 0 Å². The Bertz CT molecular complexity index is 375. The van der Waals surface area contributed by atoms with Crippen LogP contribution in [0.25, 0.3) is 0 Å². The summed E-state index contributed by atoms with van der Waals surface area (Å²) in [7, 11) is -5.39. The summed E-state index contributed by atoms with van der Waals surface area (Å²) in [6.07, 6.45) is 18.4. The molecule has 0 aromatic carbocycles. The van der Waals surface area contributed by atoms with Gasteiger partial charge < -0.3 is 48.4 Å². The van der Waals surface area contributed by atoms with Gasteiger partial charge in [-0.2, -0.15) is 7.82 Å². The van der Waals surface area contributed by atoms with Crippen LogP contribution in [0.15, 0.2) is 0 Å². The Kier molecular flexibility index (Phi) is 71.1. The summed E-state index contributed by atoms with van der Waals surface area (Å²) < 4.78 is 29.5. The molecule has 0 fully saturated rings. The zero-order valence-electron chi connectivity index (χ0n) is 26.6. The standard InChI is InChI=1S/2C13H28O3.3Na.H3O4P/c2*1-2-3-4-5-6-7-8-10-15-12-13-16-11-9-14;;;;1-5(2,3)4/h2*14H,2-13H2,1H3;;;;(H3,1,2,3,4)/q;;3*+1;/p-3. The summed E-state index contributed by atoms with van der Waals surface area (Å²) in [5.74, 6) is 0. The van der Waals surface area contributed by atoms with Crippen molar-refractivity contribution in [3.8, 4) is 0 Å². The maximum absolute atomic E-state index is 8.55. The average Bonchev–Trinajstić information content (AvgIpc) is 2.85. The summed E-state index contributed by atoms with van der Waals surface area (Å²) in [6, 6.07) is 0. The fourth-order valence-corrected chi connectivity index (χ4v) is 3.10. The van der Waals surface area contributed by atoms with Crippen LogP contribution in [0.5, 0.6) is 0 Å². The van der Waals surface area contributed by atoms with E-state index in [9.17, 15) is 0 Å². The Labute approximate surface area is 311 Å². The van der Waals surface area contributed by atoms with Gasteiger partial charge in [0.15, 0.2) is 0 Å². The second-order valence-corrected chi connectivity index (χ2v) is 9.48. The van der Waals surface area contributed by atoms with E-state index < -0.39 is 7.82 Å². The van der Waals surface area contributed by atoms with Crippen molar-refractivity contribution in [2.45, 2.75) is 104 Å². The first kappa shape index (κ1) is 55.3. The Morgan fingerprint density at radius 1 is 0.450 bits per heavy atom. The van der Waals surface area contributed by atoms with Crippen LogP contribution in [-0.4, -0.2) is 76.3 Å². The van der Waals surface area contributed by atoms with Gasteiger partial charge in [0, 0.05) is 13.2 Å². The first-order chi connectivity index (χ1) is 17.8. The first-order valence-electron chi connectivity index (χ1n) is 14.1. The minimum absolute atomic E-state index is 0. The molecule has 0 aromatic heterocycles. The molecule has 0 unspecified atom stereocenters. The number of hydrogen-bond donors (Lipinski definition) is 2. The van der Waals surface area contributed by atoms with Gasteiger partial charge >= 0.3 is 88.7 Å². The quantitative estimate of drug-likeness (QED) is 0.0535. The smallest absolute Gasteiger partial charge is 0.822 e. The Hall–Kier alpha value is 2.87. The summed E-state index contributed by atoms with van der Waals surface area (Å²) in [5, 5.41) is 16.9. The molecule has 14 heteroatoms. The van der Waals surface area contributed by atoms with Crippen LogP contribution in [0.4, 0.5) is 0 Å². The number of hydrogen-bond acceptors (Lipinski definition) is 10. The maximum atomic E-state index is 8.55. The summed E-state index contributed by atoms with van der Waals surface area (Å²) >= 11 is 0. The molecule has 0 saturated carbocycles. The first-order valence-corrected chi connectivity index (χ1v) is 15.5. The van der Waals surface area contributed by atoms with Gasteiger partial charge in [0.05, 0.1) is 52.9 Å². The molecule has 0 aliphatic heterocycles. The van der Waals surface area contributed by atoms with Crippen LogP contribution < -0.4 is 103 Å². The molecular weight excluding hydrogens is 572 g/mol. The zero-order chi connectivity index (χ0) is 28.3. The van der Waals surface area contributed by atoms with E-state index in [1.165, 1.54) is 77.0 Å². The van der Waals surface area contributed by atoms with Crippen molar-refractivity contribution < 1.29 is 137 Å². The van der Waals surface area contributed by atoms with Crippen molar-refractivity contribution in [1.29, 1.82) is 0 Å². The Morgan fingerprint density at radius 2 is 0.675 bits per heavy atom. The molecule has 0 heterocycles. The van der Waals surface area contributed by atoms with E-state index in [-0.39, 0.29) is 102 Å². The molecule has 0 spiro atoms. The number of aliphatic hydroxyl groups is 2. The molecule has 0 amide bonds. The van der Waals surface area contributed by atoms with Gasteiger partial charge in [0.2, 0.25) is 0 Å². The van der Waals surface area contributed by atoms with E-state index in [0.29, 0.717) is 39.6 Å². The summed E-state index contributed by atoms with van der Waals surface area (Å²) in [6.45, 7) is 9.68. The van der Waals surface area contributed by atoms with Crippen molar-refractivity contribution in [3.05, 3.63) is 0 Å². The van der Waals surface area contributed by atoms with Gasteiger partial charge in [-0.05, 0) is 12.8 Å². The molecule has 0 saturated heterocycles. The summed E-state index contributed by atoms with van der Waals surface area (Å²) in [4.78, 5) is 25.6. The molecule has 228 valence electrons. The van der Waals surface area contributed by atoms with Gasteiger partial charge in [-0.25, -0.2) is 0 Å². The molecule has 0 radical (unpaired) electrons. The predicted molar refractivity (Wildman–Crippen MR) is 141 cm³/mol. The molecule has 40 heavy (non-hydrogen) atoms. The topological polar surface area (TPSA) is 164 Å². The molecule has 0 aromatic rings. The third kappa shape index (κ3) is 77.9. The molecular formula is C26H56Na3O10P. The molecule has 0 rings (SSSR count). The number of rotatable bonds is 26.